The molecule has 0 aromatic heterocycles. The summed E-state index contributed by atoms with van der Waals surface area (Å²) in [6.07, 6.45) is 0. The Morgan fingerprint density at radius 2 is 1.90 bits per heavy atom. The van der Waals surface area contributed by atoms with Gasteiger partial charge in [0.1, 0.15) is 0 Å². The molecule has 0 radical (unpaired) electrons. The standard InChI is InChI=1S/C3H8O5S.Na.H/c1-2-9(6,7)8-3(4)5;;/h3-5H,2H2,1H3;;. The van der Waals surface area contributed by atoms with Gasteiger partial charge in [0.2, 0.25) is 0 Å². The third kappa shape index (κ3) is 6.94. The van der Waals surface area contributed by atoms with E-state index in [4.69, 9.17) is 10.2 Å². The van der Waals surface area contributed by atoms with E-state index in [1.54, 1.807) is 0 Å². The van der Waals surface area contributed by atoms with E-state index in [0.717, 1.165) is 0 Å². The zero-order chi connectivity index (χ0) is 7.49. The van der Waals surface area contributed by atoms with Gasteiger partial charge in [0.15, 0.2) is 0 Å². The fourth-order valence-electron chi connectivity index (χ4n) is 0.199. The number of rotatable bonds is 3. The Morgan fingerprint density at radius 1 is 1.50 bits per heavy atom. The van der Waals surface area contributed by atoms with Crippen LogP contribution < -0.4 is 0 Å². The summed E-state index contributed by atoms with van der Waals surface area (Å²) in [7, 11) is -3.72. The second-order valence-corrected chi connectivity index (χ2v) is 3.15. The molecule has 0 bridgehead atoms. The molecule has 0 spiro atoms. The molecular weight excluding hydrogens is 171 g/mol. The van der Waals surface area contributed by atoms with Crippen LogP contribution in [0.3, 0.4) is 0 Å². The molecule has 0 fully saturated rings. The Bertz CT molecular complexity index is 162. The second-order valence-electron chi connectivity index (χ2n) is 1.27. The average molecular weight is 180 g/mol. The Labute approximate surface area is 81.4 Å². The van der Waals surface area contributed by atoms with Gasteiger partial charge >= 0.3 is 29.6 Å². The third-order valence-corrected chi connectivity index (χ3v) is 1.76. The van der Waals surface area contributed by atoms with E-state index in [1.807, 2.05) is 0 Å². The molecule has 0 saturated heterocycles. The first-order valence-electron chi connectivity index (χ1n) is 2.25. The topological polar surface area (TPSA) is 83.8 Å². The van der Waals surface area contributed by atoms with E-state index in [0.29, 0.717) is 0 Å². The van der Waals surface area contributed by atoms with E-state index in [-0.39, 0.29) is 35.3 Å². The number of hydrogen-bond donors (Lipinski definition) is 2. The van der Waals surface area contributed by atoms with Crippen LogP contribution in [-0.4, -0.2) is 60.4 Å². The van der Waals surface area contributed by atoms with Gasteiger partial charge in [0.05, 0.1) is 5.75 Å². The van der Waals surface area contributed by atoms with Crippen LogP contribution in [-0.2, 0) is 14.3 Å². The third-order valence-electron chi connectivity index (χ3n) is 0.586. The first-order chi connectivity index (χ1) is 3.98. The van der Waals surface area contributed by atoms with Crippen LogP contribution in [0.2, 0.25) is 0 Å². The van der Waals surface area contributed by atoms with E-state index in [2.05, 4.69) is 4.18 Å². The Morgan fingerprint density at radius 3 is 2.00 bits per heavy atom. The zero-order valence-electron chi connectivity index (χ0n) is 4.81. The number of aliphatic hydroxyl groups is 2. The SMILES string of the molecule is CCS(=O)(=O)OC(O)O.[NaH]. The summed E-state index contributed by atoms with van der Waals surface area (Å²) < 4.78 is 24.2. The molecule has 2 N–H and O–H groups in total. The van der Waals surface area contributed by atoms with Crippen molar-refractivity contribution in [3.63, 3.8) is 0 Å². The second kappa shape index (κ2) is 5.48. The van der Waals surface area contributed by atoms with Gasteiger partial charge in [0, 0.05) is 0 Å². The van der Waals surface area contributed by atoms with Crippen LogP contribution in [0, 0.1) is 0 Å². The first kappa shape index (κ1) is 13.4. The predicted molar refractivity (Wildman–Crippen MR) is 35.9 cm³/mol. The molecule has 0 unspecified atom stereocenters. The quantitative estimate of drug-likeness (QED) is 0.297. The molecule has 0 aromatic carbocycles. The maximum atomic E-state index is 10.3. The molecule has 0 aliphatic carbocycles. The van der Waals surface area contributed by atoms with Crippen LogP contribution in [0.15, 0.2) is 0 Å². The molecule has 10 heavy (non-hydrogen) atoms. The molecule has 0 aliphatic rings. The van der Waals surface area contributed by atoms with E-state index in [1.165, 1.54) is 6.92 Å². The van der Waals surface area contributed by atoms with Crippen LogP contribution in [0.25, 0.3) is 0 Å². The maximum absolute atomic E-state index is 10.3. The molecule has 7 heteroatoms. The van der Waals surface area contributed by atoms with Gasteiger partial charge < -0.3 is 10.2 Å². The molecule has 0 amide bonds. The Kier molecular flexibility index (Phi) is 7.35. The summed E-state index contributed by atoms with van der Waals surface area (Å²) in [5.41, 5.74) is 0. The van der Waals surface area contributed by atoms with E-state index in [9.17, 15) is 8.42 Å². The van der Waals surface area contributed by atoms with Crippen molar-refractivity contribution in [3.8, 4) is 0 Å². The van der Waals surface area contributed by atoms with Crippen molar-refractivity contribution >= 4 is 39.7 Å². The monoisotopic (exact) mass is 180 g/mol. The van der Waals surface area contributed by atoms with Gasteiger partial charge in [-0.2, -0.15) is 8.42 Å². The summed E-state index contributed by atoms with van der Waals surface area (Å²) in [4.78, 5) is 0. The van der Waals surface area contributed by atoms with Crippen molar-refractivity contribution in [2.24, 2.45) is 0 Å². The van der Waals surface area contributed by atoms with Crippen LogP contribution in [0.5, 0.6) is 0 Å². The fourth-order valence-corrected chi connectivity index (χ4v) is 0.598. The Balaban J connectivity index is 0. The first-order valence-corrected chi connectivity index (χ1v) is 3.83. The molecule has 0 rings (SSSR count). The van der Waals surface area contributed by atoms with Crippen molar-refractivity contribution in [3.05, 3.63) is 0 Å². The number of aliphatic hydroxyl groups excluding tert-OH is 1. The summed E-state index contributed by atoms with van der Waals surface area (Å²) in [5, 5.41) is 15.9. The van der Waals surface area contributed by atoms with Gasteiger partial charge in [0.25, 0.3) is 16.6 Å². The normalized spacial score (nSPS) is 11.2. The van der Waals surface area contributed by atoms with Gasteiger partial charge in [-0.15, -0.1) is 0 Å². The van der Waals surface area contributed by atoms with Crippen molar-refractivity contribution in [1.82, 2.24) is 0 Å². The fraction of sp³-hybridized carbons (Fsp3) is 1.00. The summed E-state index contributed by atoms with van der Waals surface area (Å²) in [5.74, 6) is -0.273. The molecule has 0 atom stereocenters. The van der Waals surface area contributed by atoms with Crippen LogP contribution >= 0.6 is 0 Å². The molecule has 0 heterocycles. The molecule has 0 aromatic rings. The zero-order valence-corrected chi connectivity index (χ0v) is 5.63. The van der Waals surface area contributed by atoms with Gasteiger partial charge in [-0.1, -0.05) is 0 Å². The van der Waals surface area contributed by atoms with E-state index >= 15 is 0 Å². The van der Waals surface area contributed by atoms with Gasteiger partial charge in [-0.25, -0.2) is 4.18 Å². The van der Waals surface area contributed by atoms with Gasteiger partial charge in [-0.05, 0) is 6.92 Å². The minimum absolute atomic E-state index is 0. The van der Waals surface area contributed by atoms with Crippen molar-refractivity contribution < 1.29 is 22.8 Å². The van der Waals surface area contributed by atoms with Crippen LogP contribution in [0.1, 0.15) is 6.92 Å². The summed E-state index contributed by atoms with van der Waals surface area (Å²) >= 11 is 0. The van der Waals surface area contributed by atoms with Gasteiger partial charge in [-0.3, -0.25) is 0 Å². The summed E-state index contributed by atoms with van der Waals surface area (Å²) in [6.45, 7) is -0.910. The Hall–Kier alpha value is 0.830. The van der Waals surface area contributed by atoms with Crippen LogP contribution in [0.4, 0.5) is 0 Å². The van der Waals surface area contributed by atoms with Crippen molar-refractivity contribution in [2.75, 3.05) is 5.75 Å². The molecule has 0 saturated carbocycles. The molecule has 0 aliphatic heterocycles. The summed E-state index contributed by atoms with van der Waals surface area (Å²) in [6, 6.07) is 0. The molecule has 58 valence electrons. The van der Waals surface area contributed by atoms with Crippen molar-refractivity contribution in [1.29, 1.82) is 0 Å². The average Bonchev–Trinajstić information content (AvgIpc) is 1.63. The minimum atomic E-state index is -3.72. The molecule has 5 nitrogen and oxygen atoms in total. The molecular formula is C3H9NaO5S. The van der Waals surface area contributed by atoms with E-state index < -0.39 is 16.6 Å². The van der Waals surface area contributed by atoms with Crippen molar-refractivity contribution in [2.45, 2.75) is 13.4 Å². The number of hydrogen-bond acceptors (Lipinski definition) is 5. The predicted octanol–water partition coefficient (Wildman–Crippen LogP) is -2.03.